The van der Waals surface area contributed by atoms with Crippen LogP contribution >= 0.6 is 11.6 Å². The summed E-state index contributed by atoms with van der Waals surface area (Å²) in [6, 6.07) is 16.5. The Bertz CT molecular complexity index is 1070. The molecule has 1 atom stereocenters. The molecule has 0 radical (unpaired) electrons. The fraction of sp³-hybridized carbons (Fsp3) is 0.182. The fourth-order valence-corrected chi connectivity index (χ4v) is 3.43. The Morgan fingerprint density at radius 2 is 1.79 bits per heavy atom. The number of para-hydroxylation sites is 1. The van der Waals surface area contributed by atoms with Crippen LogP contribution in [-0.4, -0.2) is 10.7 Å². The summed E-state index contributed by atoms with van der Waals surface area (Å²) in [5.41, 5.74) is 2.16. The van der Waals surface area contributed by atoms with Crippen molar-refractivity contribution >= 4 is 17.3 Å². The Morgan fingerprint density at radius 1 is 1.07 bits per heavy atom. The molecule has 3 aromatic rings. The van der Waals surface area contributed by atoms with E-state index in [-0.39, 0.29) is 5.69 Å². The largest absolute Gasteiger partial charge is 0.462 e. The van der Waals surface area contributed by atoms with Gasteiger partial charge < -0.3 is 4.74 Å². The third-order valence-electron chi connectivity index (χ3n) is 4.75. The normalized spacial score (nSPS) is 18.4. The molecule has 0 fully saturated rings. The third-order valence-corrected chi connectivity index (χ3v) is 5.01. The number of benzene rings is 2. The van der Waals surface area contributed by atoms with Crippen LogP contribution in [0.1, 0.15) is 41.3 Å². The first-order valence-corrected chi connectivity index (χ1v) is 9.14. The van der Waals surface area contributed by atoms with E-state index in [0.717, 1.165) is 11.1 Å². The number of nitrogens with zero attached hydrogens (tertiary/aromatic N) is 2. The first-order chi connectivity index (χ1) is 13.4. The summed E-state index contributed by atoms with van der Waals surface area (Å²) < 4.78 is 32.4. The van der Waals surface area contributed by atoms with E-state index >= 15 is 0 Å². The van der Waals surface area contributed by atoms with Crippen LogP contribution in [0.4, 0.5) is 8.78 Å². The third kappa shape index (κ3) is 3.27. The second kappa shape index (κ2) is 6.99. The minimum atomic E-state index is -2.61. The second-order valence-electron chi connectivity index (χ2n) is 6.78. The highest BCUT2D eigenvalue weighted by Gasteiger charge is 2.35. The molecule has 0 N–H and O–H groups in total. The molecule has 28 heavy (non-hydrogen) atoms. The molecule has 2 aromatic carbocycles. The van der Waals surface area contributed by atoms with E-state index < -0.39 is 12.2 Å². The average molecular weight is 399 g/mol. The van der Waals surface area contributed by atoms with E-state index in [9.17, 15) is 8.78 Å². The van der Waals surface area contributed by atoms with Gasteiger partial charge in [0.1, 0.15) is 11.4 Å². The molecular formula is C22H17ClF2N2O. The van der Waals surface area contributed by atoms with E-state index in [2.05, 4.69) is 4.98 Å². The van der Waals surface area contributed by atoms with Crippen molar-refractivity contribution < 1.29 is 13.5 Å². The van der Waals surface area contributed by atoms with Crippen molar-refractivity contribution in [1.29, 1.82) is 0 Å². The lowest BCUT2D eigenvalue weighted by molar-refractivity contribution is 0.0930. The Kier molecular flexibility index (Phi) is 4.63. The Hall–Kier alpha value is -2.79. The molecule has 0 saturated heterocycles. The molecule has 4 rings (SSSR count). The molecule has 1 aromatic heterocycles. The molecule has 1 unspecified atom stereocenters. The molecule has 0 saturated carbocycles. The molecule has 142 valence electrons. The lowest BCUT2D eigenvalue weighted by atomic mass is 9.96. The summed E-state index contributed by atoms with van der Waals surface area (Å²) in [6.45, 7) is 3.49. The zero-order chi connectivity index (χ0) is 19.9. The molecule has 0 bridgehead atoms. The Labute approximate surface area is 166 Å². The number of hydrogen-bond acceptors (Lipinski definition) is 3. The number of fused-ring (bicyclic) bond motifs is 1. The van der Waals surface area contributed by atoms with Gasteiger partial charge in [0.15, 0.2) is 0 Å². The van der Waals surface area contributed by atoms with Crippen molar-refractivity contribution in [2.24, 2.45) is 4.99 Å². The van der Waals surface area contributed by atoms with Gasteiger partial charge in [-0.3, -0.25) is 4.98 Å². The van der Waals surface area contributed by atoms with Gasteiger partial charge in [0.05, 0.1) is 5.71 Å². The van der Waals surface area contributed by atoms with Crippen LogP contribution in [-0.2, 0) is 5.72 Å². The van der Waals surface area contributed by atoms with Crippen LogP contribution in [0.25, 0.3) is 0 Å². The minimum Gasteiger partial charge on any atom is -0.462 e. The standard InChI is InChI=1S/C22H17ClF2N2O/c1-13-11-14(12-26-19(13)21(24)25)20-17-5-3-4-6-18(17)28-22(2,27-20)15-7-9-16(23)10-8-15/h3-12,21H,1-2H3. The summed E-state index contributed by atoms with van der Waals surface area (Å²) >= 11 is 6.01. The molecule has 6 heteroatoms. The van der Waals surface area contributed by atoms with Gasteiger partial charge in [-0.05, 0) is 42.8 Å². The van der Waals surface area contributed by atoms with Crippen molar-refractivity contribution in [2.75, 3.05) is 0 Å². The van der Waals surface area contributed by atoms with Gasteiger partial charge in [0.2, 0.25) is 5.72 Å². The second-order valence-corrected chi connectivity index (χ2v) is 7.21. The van der Waals surface area contributed by atoms with Gasteiger partial charge in [-0.1, -0.05) is 35.9 Å². The zero-order valence-electron chi connectivity index (χ0n) is 15.3. The summed E-state index contributed by atoms with van der Waals surface area (Å²) in [7, 11) is 0. The van der Waals surface area contributed by atoms with Crippen LogP contribution in [0.15, 0.2) is 65.8 Å². The number of aliphatic imine (C=N–C) groups is 1. The molecule has 2 heterocycles. The van der Waals surface area contributed by atoms with Gasteiger partial charge in [-0.15, -0.1) is 0 Å². The van der Waals surface area contributed by atoms with Crippen LogP contribution < -0.4 is 4.74 Å². The van der Waals surface area contributed by atoms with E-state index in [1.807, 2.05) is 43.3 Å². The van der Waals surface area contributed by atoms with E-state index in [0.29, 0.717) is 27.6 Å². The van der Waals surface area contributed by atoms with E-state index in [1.54, 1.807) is 25.1 Å². The van der Waals surface area contributed by atoms with E-state index in [4.69, 9.17) is 21.3 Å². The summed E-state index contributed by atoms with van der Waals surface area (Å²) in [5.74, 6) is 0.667. The smallest absolute Gasteiger partial charge is 0.280 e. The maximum atomic E-state index is 13.1. The highest BCUT2D eigenvalue weighted by molar-refractivity contribution is 6.30. The molecule has 3 nitrogen and oxygen atoms in total. The number of hydrogen-bond donors (Lipinski definition) is 0. The summed E-state index contributed by atoms with van der Waals surface area (Å²) in [4.78, 5) is 8.83. The fourth-order valence-electron chi connectivity index (χ4n) is 3.31. The highest BCUT2D eigenvalue weighted by Crippen LogP contribution is 2.38. The Morgan fingerprint density at radius 3 is 2.46 bits per heavy atom. The minimum absolute atomic E-state index is 0.217. The van der Waals surface area contributed by atoms with Gasteiger partial charge in [-0.25, -0.2) is 13.8 Å². The predicted molar refractivity (Wildman–Crippen MR) is 105 cm³/mol. The van der Waals surface area contributed by atoms with Crippen LogP contribution in [0, 0.1) is 6.92 Å². The zero-order valence-corrected chi connectivity index (χ0v) is 16.0. The van der Waals surface area contributed by atoms with Gasteiger partial charge in [-0.2, -0.15) is 0 Å². The maximum absolute atomic E-state index is 13.1. The molecule has 0 aliphatic carbocycles. The van der Waals surface area contributed by atoms with Crippen molar-refractivity contribution in [2.45, 2.75) is 26.0 Å². The monoisotopic (exact) mass is 398 g/mol. The lowest BCUT2D eigenvalue weighted by Gasteiger charge is -2.33. The number of pyridine rings is 1. The van der Waals surface area contributed by atoms with Gasteiger partial charge in [0, 0.05) is 34.8 Å². The number of aryl methyl sites for hydroxylation is 1. The highest BCUT2D eigenvalue weighted by atomic mass is 35.5. The molecular weight excluding hydrogens is 382 g/mol. The van der Waals surface area contributed by atoms with Crippen molar-refractivity contribution in [1.82, 2.24) is 4.98 Å². The van der Waals surface area contributed by atoms with Gasteiger partial charge in [0.25, 0.3) is 6.43 Å². The molecule has 1 aliphatic heterocycles. The lowest BCUT2D eigenvalue weighted by Crippen LogP contribution is -2.33. The number of aromatic nitrogens is 1. The number of alkyl halides is 2. The number of ether oxygens (including phenoxy) is 1. The van der Waals surface area contributed by atoms with Crippen molar-refractivity contribution in [3.05, 3.63) is 93.8 Å². The summed E-state index contributed by atoms with van der Waals surface area (Å²) in [5, 5.41) is 0.621. The maximum Gasteiger partial charge on any atom is 0.280 e. The predicted octanol–water partition coefficient (Wildman–Crippen LogP) is 6.08. The Balaban J connectivity index is 1.88. The molecule has 0 amide bonds. The van der Waals surface area contributed by atoms with Crippen molar-refractivity contribution in [3.63, 3.8) is 0 Å². The number of halogens is 3. The first-order valence-electron chi connectivity index (χ1n) is 8.77. The van der Waals surface area contributed by atoms with Gasteiger partial charge >= 0.3 is 0 Å². The van der Waals surface area contributed by atoms with Crippen LogP contribution in [0.3, 0.4) is 0 Å². The quantitative estimate of drug-likeness (QED) is 0.535. The molecule has 1 aliphatic rings. The SMILES string of the molecule is Cc1cc(C2=NC(C)(c3ccc(Cl)cc3)Oc3ccccc32)cnc1C(F)F. The number of rotatable bonds is 3. The van der Waals surface area contributed by atoms with Crippen LogP contribution in [0.2, 0.25) is 5.02 Å². The first kappa shape index (κ1) is 18.6. The topological polar surface area (TPSA) is 34.5 Å². The van der Waals surface area contributed by atoms with E-state index in [1.165, 1.54) is 6.20 Å². The average Bonchev–Trinajstić information content (AvgIpc) is 2.67. The molecule has 0 spiro atoms. The van der Waals surface area contributed by atoms with Crippen LogP contribution in [0.5, 0.6) is 5.75 Å². The summed E-state index contributed by atoms with van der Waals surface area (Å²) in [6.07, 6.45) is -1.17. The van der Waals surface area contributed by atoms with Crippen molar-refractivity contribution in [3.8, 4) is 5.75 Å².